The van der Waals surface area contributed by atoms with Gasteiger partial charge in [0.25, 0.3) is 0 Å². The Bertz CT molecular complexity index is 377. The second-order valence-electron chi connectivity index (χ2n) is 6.23. The van der Waals surface area contributed by atoms with Crippen molar-refractivity contribution in [2.24, 2.45) is 5.41 Å². The Morgan fingerprint density at radius 1 is 1.11 bits per heavy atom. The SMILES string of the molecule is CC(C)c1ccc(OCC2(CS)CCCCC2)cc1. The minimum atomic E-state index is 0.304. The van der Waals surface area contributed by atoms with Gasteiger partial charge in [-0.05, 0) is 42.2 Å². The molecule has 0 aromatic heterocycles. The van der Waals surface area contributed by atoms with E-state index in [4.69, 9.17) is 4.74 Å². The van der Waals surface area contributed by atoms with E-state index in [1.807, 2.05) is 0 Å². The molecule has 2 heteroatoms. The molecule has 1 nitrogen and oxygen atoms in total. The summed E-state index contributed by atoms with van der Waals surface area (Å²) in [6.45, 7) is 5.25. The van der Waals surface area contributed by atoms with Gasteiger partial charge in [0.2, 0.25) is 0 Å². The molecule has 1 fully saturated rings. The van der Waals surface area contributed by atoms with E-state index in [1.165, 1.54) is 37.7 Å². The van der Waals surface area contributed by atoms with Crippen molar-refractivity contribution >= 4 is 12.6 Å². The van der Waals surface area contributed by atoms with E-state index in [0.29, 0.717) is 11.3 Å². The van der Waals surface area contributed by atoms with Crippen molar-refractivity contribution in [2.45, 2.75) is 51.9 Å². The Morgan fingerprint density at radius 2 is 1.74 bits per heavy atom. The van der Waals surface area contributed by atoms with Gasteiger partial charge >= 0.3 is 0 Å². The molecule has 0 saturated heterocycles. The van der Waals surface area contributed by atoms with Crippen molar-refractivity contribution in [1.29, 1.82) is 0 Å². The van der Waals surface area contributed by atoms with Gasteiger partial charge in [-0.1, -0.05) is 45.2 Å². The molecule has 106 valence electrons. The highest BCUT2D eigenvalue weighted by molar-refractivity contribution is 7.80. The maximum absolute atomic E-state index is 6.03. The topological polar surface area (TPSA) is 9.23 Å². The van der Waals surface area contributed by atoms with Crippen LogP contribution in [0.5, 0.6) is 5.75 Å². The summed E-state index contributed by atoms with van der Waals surface area (Å²) in [5.41, 5.74) is 1.67. The normalized spacial score (nSPS) is 18.5. The summed E-state index contributed by atoms with van der Waals surface area (Å²) >= 11 is 4.56. The molecule has 1 saturated carbocycles. The Hall–Kier alpha value is -0.630. The highest BCUT2D eigenvalue weighted by Crippen LogP contribution is 2.37. The van der Waals surface area contributed by atoms with Crippen molar-refractivity contribution in [2.75, 3.05) is 12.4 Å². The fourth-order valence-corrected chi connectivity index (χ4v) is 3.24. The predicted molar refractivity (Wildman–Crippen MR) is 85.4 cm³/mol. The van der Waals surface area contributed by atoms with Crippen molar-refractivity contribution in [3.63, 3.8) is 0 Å². The molecular formula is C17H26OS. The lowest BCUT2D eigenvalue weighted by molar-refractivity contribution is 0.121. The van der Waals surface area contributed by atoms with Gasteiger partial charge < -0.3 is 4.74 Å². The lowest BCUT2D eigenvalue weighted by atomic mass is 9.76. The molecule has 0 amide bonds. The quantitative estimate of drug-likeness (QED) is 0.740. The zero-order chi connectivity index (χ0) is 13.7. The van der Waals surface area contributed by atoms with Crippen molar-refractivity contribution < 1.29 is 4.74 Å². The van der Waals surface area contributed by atoms with Crippen molar-refractivity contribution in [1.82, 2.24) is 0 Å². The summed E-state index contributed by atoms with van der Waals surface area (Å²) in [6.07, 6.45) is 6.56. The van der Waals surface area contributed by atoms with Crippen LogP contribution in [0.2, 0.25) is 0 Å². The molecule has 0 N–H and O–H groups in total. The van der Waals surface area contributed by atoms with Crippen LogP contribution in [-0.4, -0.2) is 12.4 Å². The van der Waals surface area contributed by atoms with Crippen LogP contribution in [0.25, 0.3) is 0 Å². The van der Waals surface area contributed by atoms with Gasteiger partial charge in [-0.3, -0.25) is 0 Å². The van der Waals surface area contributed by atoms with E-state index in [1.54, 1.807) is 0 Å². The van der Waals surface area contributed by atoms with Gasteiger partial charge in [-0.15, -0.1) is 0 Å². The lowest BCUT2D eigenvalue weighted by Gasteiger charge is -2.35. The average molecular weight is 278 g/mol. The van der Waals surface area contributed by atoms with Gasteiger partial charge in [0, 0.05) is 5.41 Å². The van der Waals surface area contributed by atoms with Gasteiger partial charge in [0.1, 0.15) is 5.75 Å². The molecule has 1 aromatic carbocycles. The summed E-state index contributed by atoms with van der Waals surface area (Å²) < 4.78 is 6.03. The van der Waals surface area contributed by atoms with E-state index in [-0.39, 0.29) is 0 Å². The molecule has 0 unspecified atom stereocenters. The van der Waals surface area contributed by atoms with Crippen molar-refractivity contribution in [3.05, 3.63) is 29.8 Å². The van der Waals surface area contributed by atoms with Crippen LogP contribution in [0.3, 0.4) is 0 Å². The molecule has 1 aromatic rings. The highest BCUT2D eigenvalue weighted by atomic mass is 32.1. The maximum Gasteiger partial charge on any atom is 0.119 e. The lowest BCUT2D eigenvalue weighted by Crippen LogP contribution is -2.32. The first-order valence-electron chi connectivity index (χ1n) is 7.49. The van der Waals surface area contributed by atoms with Gasteiger partial charge in [0.05, 0.1) is 6.61 Å². The third-order valence-corrected chi connectivity index (χ3v) is 5.01. The molecule has 0 bridgehead atoms. The van der Waals surface area contributed by atoms with Gasteiger partial charge in [0.15, 0.2) is 0 Å². The van der Waals surface area contributed by atoms with Crippen LogP contribution >= 0.6 is 12.6 Å². The Morgan fingerprint density at radius 3 is 2.26 bits per heavy atom. The smallest absolute Gasteiger partial charge is 0.119 e. The molecule has 0 atom stereocenters. The molecule has 1 aliphatic rings. The first-order chi connectivity index (χ1) is 9.15. The molecular weight excluding hydrogens is 252 g/mol. The second kappa shape index (κ2) is 6.69. The highest BCUT2D eigenvalue weighted by Gasteiger charge is 2.31. The van der Waals surface area contributed by atoms with Crippen LogP contribution in [0, 0.1) is 5.41 Å². The van der Waals surface area contributed by atoms with E-state index in [9.17, 15) is 0 Å². The molecule has 1 aliphatic carbocycles. The minimum absolute atomic E-state index is 0.304. The summed E-state index contributed by atoms with van der Waals surface area (Å²) in [5.74, 6) is 2.52. The maximum atomic E-state index is 6.03. The number of hydrogen-bond donors (Lipinski definition) is 1. The molecule has 2 rings (SSSR count). The van der Waals surface area contributed by atoms with E-state index >= 15 is 0 Å². The minimum Gasteiger partial charge on any atom is -0.493 e. The summed E-state index contributed by atoms with van der Waals surface area (Å²) in [6, 6.07) is 8.55. The third kappa shape index (κ3) is 3.92. The standard InChI is InChI=1S/C17H26OS/c1-14(2)15-6-8-16(9-7-15)18-12-17(13-19)10-4-3-5-11-17/h6-9,14,19H,3-5,10-13H2,1-2H3. The molecule has 0 heterocycles. The second-order valence-corrected chi connectivity index (χ2v) is 6.55. The van der Waals surface area contributed by atoms with E-state index in [0.717, 1.165) is 18.1 Å². The number of rotatable bonds is 5. The van der Waals surface area contributed by atoms with Gasteiger partial charge in [-0.25, -0.2) is 0 Å². The van der Waals surface area contributed by atoms with Crippen molar-refractivity contribution in [3.8, 4) is 5.75 Å². The monoisotopic (exact) mass is 278 g/mol. The third-order valence-electron chi connectivity index (χ3n) is 4.34. The Kier molecular flexibility index (Phi) is 5.20. The summed E-state index contributed by atoms with van der Waals surface area (Å²) in [4.78, 5) is 0. The number of hydrogen-bond acceptors (Lipinski definition) is 2. The molecule has 0 spiro atoms. The number of benzene rings is 1. The zero-order valence-corrected chi connectivity index (χ0v) is 13.1. The first-order valence-corrected chi connectivity index (χ1v) is 8.12. The zero-order valence-electron chi connectivity index (χ0n) is 12.2. The van der Waals surface area contributed by atoms with Crippen LogP contribution in [0.1, 0.15) is 57.4 Å². The predicted octanol–water partition coefficient (Wildman–Crippen LogP) is 5.07. The van der Waals surface area contributed by atoms with Crippen LogP contribution in [0.15, 0.2) is 24.3 Å². The van der Waals surface area contributed by atoms with Crippen LogP contribution in [-0.2, 0) is 0 Å². The van der Waals surface area contributed by atoms with Crippen LogP contribution < -0.4 is 4.74 Å². The molecule has 0 radical (unpaired) electrons. The van der Waals surface area contributed by atoms with E-state index in [2.05, 4.69) is 50.7 Å². The fourth-order valence-electron chi connectivity index (χ4n) is 2.84. The number of thiol groups is 1. The summed E-state index contributed by atoms with van der Waals surface area (Å²) in [5, 5.41) is 0. The average Bonchev–Trinajstić information content (AvgIpc) is 2.46. The Labute approximate surface area is 123 Å². The summed E-state index contributed by atoms with van der Waals surface area (Å²) in [7, 11) is 0. The molecule has 0 aliphatic heterocycles. The van der Waals surface area contributed by atoms with E-state index < -0.39 is 0 Å². The Balaban J connectivity index is 1.93. The first kappa shape index (κ1) is 14.8. The van der Waals surface area contributed by atoms with Crippen LogP contribution in [0.4, 0.5) is 0 Å². The molecule has 19 heavy (non-hydrogen) atoms. The number of ether oxygens (including phenoxy) is 1. The fraction of sp³-hybridized carbons (Fsp3) is 0.647. The van der Waals surface area contributed by atoms with Gasteiger partial charge in [-0.2, -0.15) is 12.6 Å². The largest absolute Gasteiger partial charge is 0.493 e.